The first-order valence-electron chi connectivity index (χ1n) is 8.73. The van der Waals surface area contributed by atoms with Crippen LogP contribution >= 0.6 is 11.6 Å². The number of anilines is 1. The number of hydrogen-bond donors (Lipinski definition) is 2. The zero-order chi connectivity index (χ0) is 18.8. The van der Waals surface area contributed by atoms with Crippen molar-refractivity contribution in [3.05, 3.63) is 72.1 Å². The van der Waals surface area contributed by atoms with Crippen LogP contribution in [0, 0.1) is 0 Å². The van der Waals surface area contributed by atoms with Crippen molar-refractivity contribution >= 4 is 28.5 Å². The van der Waals surface area contributed by atoms with Gasteiger partial charge in [-0.25, -0.2) is 9.97 Å². The van der Waals surface area contributed by atoms with Crippen molar-refractivity contribution < 1.29 is 5.11 Å². The van der Waals surface area contributed by atoms with Crippen molar-refractivity contribution in [2.45, 2.75) is 13.0 Å². The van der Waals surface area contributed by atoms with Crippen molar-refractivity contribution in [1.82, 2.24) is 14.5 Å². The van der Waals surface area contributed by atoms with Gasteiger partial charge in [0.2, 0.25) is 0 Å². The van der Waals surface area contributed by atoms with Crippen LogP contribution in [0.4, 0.5) is 5.82 Å². The Balaban J connectivity index is 1.95. The van der Waals surface area contributed by atoms with Crippen LogP contribution in [0.2, 0.25) is 5.02 Å². The lowest BCUT2D eigenvalue weighted by Gasteiger charge is -2.10. The molecule has 0 aliphatic carbocycles. The molecule has 5 nitrogen and oxygen atoms in total. The van der Waals surface area contributed by atoms with Crippen molar-refractivity contribution in [3.8, 4) is 16.8 Å². The summed E-state index contributed by atoms with van der Waals surface area (Å²) < 4.78 is 2.03. The number of fused-ring (bicyclic) bond motifs is 1. The van der Waals surface area contributed by atoms with Gasteiger partial charge in [0.15, 0.2) is 5.65 Å². The Morgan fingerprint density at radius 2 is 1.81 bits per heavy atom. The molecule has 0 fully saturated rings. The summed E-state index contributed by atoms with van der Waals surface area (Å²) in [6.07, 6.45) is 3.12. The standard InChI is InChI=1S/C21H19ClN4O/c1-14(27)11-23-20-19-18(15-5-3-2-4-6-15)12-26(21(19)25-13-24-20)17-9-7-16(22)8-10-17/h2-10,12-14,27H,11H2,1H3,(H,23,24,25)/t14-/m1/s1. The summed E-state index contributed by atoms with van der Waals surface area (Å²) in [6, 6.07) is 17.8. The molecule has 0 bridgehead atoms. The summed E-state index contributed by atoms with van der Waals surface area (Å²) in [7, 11) is 0. The lowest BCUT2D eigenvalue weighted by molar-refractivity contribution is 0.208. The minimum Gasteiger partial charge on any atom is -0.392 e. The Kier molecular flexibility index (Phi) is 4.79. The van der Waals surface area contributed by atoms with Gasteiger partial charge >= 0.3 is 0 Å². The minimum absolute atomic E-state index is 0.409. The van der Waals surface area contributed by atoms with Gasteiger partial charge in [0.25, 0.3) is 0 Å². The molecule has 2 aromatic heterocycles. The molecule has 2 N–H and O–H groups in total. The van der Waals surface area contributed by atoms with Gasteiger partial charge in [-0.05, 0) is 36.8 Å². The molecule has 0 unspecified atom stereocenters. The van der Waals surface area contributed by atoms with E-state index in [4.69, 9.17) is 11.6 Å². The molecule has 0 aliphatic rings. The van der Waals surface area contributed by atoms with Crippen LogP contribution in [0.25, 0.3) is 27.8 Å². The maximum atomic E-state index is 9.66. The average Bonchev–Trinajstić information content (AvgIpc) is 3.08. The van der Waals surface area contributed by atoms with Gasteiger partial charge in [0, 0.05) is 29.0 Å². The SMILES string of the molecule is C[C@@H](O)CNc1ncnc2c1c(-c1ccccc1)cn2-c1ccc(Cl)cc1. The van der Waals surface area contributed by atoms with Crippen LogP contribution in [-0.4, -0.2) is 32.3 Å². The molecule has 136 valence electrons. The fraction of sp³-hybridized carbons (Fsp3) is 0.143. The summed E-state index contributed by atoms with van der Waals surface area (Å²) >= 11 is 6.05. The Bertz CT molecular complexity index is 1060. The van der Waals surface area contributed by atoms with E-state index in [0.717, 1.165) is 27.8 Å². The smallest absolute Gasteiger partial charge is 0.150 e. The number of hydrogen-bond acceptors (Lipinski definition) is 4. The van der Waals surface area contributed by atoms with Gasteiger partial charge in [-0.2, -0.15) is 0 Å². The number of rotatable bonds is 5. The Morgan fingerprint density at radius 1 is 1.07 bits per heavy atom. The van der Waals surface area contributed by atoms with Gasteiger partial charge in [-0.1, -0.05) is 41.9 Å². The normalized spacial score (nSPS) is 12.3. The second kappa shape index (κ2) is 7.39. The van der Waals surface area contributed by atoms with E-state index in [1.54, 1.807) is 6.92 Å². The molecule has 27 heavy (non-hydrogen) atoms. The van der Waals surface area contributed by atoms with E-state index in [0.29, 0.717) is 17.4 Å². The van der Waals surface area contributed by atoms with E-state index in [1.807, 2.05) is 47.0 Å². The molecule has 2 heterocycles. The van der Waals surface area contributed by atoms with Crippen molar-refractivity contribution in [2.75, 3.05) is 11.9 Å². The number of benzene rings is 2. The van der Waals surface area contributed by atoms with E-state index in [9.17, 15) is 5.11 Å². The zero-order valence-corrected chi connectivity index (χ0v) is 15.6. The number of nitrogens with zero attached hydrogens (tertiary/aromatic N) is 3. The van der Waals surface area contributed by atoms with E-state index in [1.165, 1.54) is 6.33 Å². The van der Waals surface area contributed by atoms with E-state index < -0.39 is 6.10 Å². The highest BCUT2D eigenvalue weighted by molar-refractivity contribution is 6.30. The van der Waals surface area contributed by atoms with Crippen molar-refractivity contribution in [2.24, 2.45) is 0 Å². The second-order valence-corrected chi connectivity index (χ2v) is 6.84. The van der Waals surface area contributed by atoms with Gasteiger partial charge in [0.05, 0.1) is 11.5 Å². The summed E-state index contributed by atoms with van der Waals surface area (Å²) in [5, 5.41) is 14.5. The number of halogens is 1. The molecular weight excluding hydrogens is 360 g/mol. The molecule has 0 saturated heterocycles. The molecule has 0 radical (unpaired) electrons. The number of aromatic nitrogens is 3. The van der Waals surface area contributed by atoms with Crippen molar-refractivity contribution in [1.29, 1.82) is 0 Å². The molecule has 1 atom stereocenters. The largest absolute Gasteiger partial charge is 0.392 e. The van der Waals surface area contributed by atoms with E-state index in [2.05, 4.69) is 33.6 Å². The number of nitrogens with one attached hydrogen (secondary N) is 1. The summed E-state index contributed by atoms with van der Waals surface area (Å²) in [5.74, 6) is 0.701. The van der Waals surface area contributed by atoms with E-state index in [-0.39, 0.29) is 0 Å². The summed E-state index contributed by atoms with van der Waals surface area (Å²) in [4.78, 5) is 8.95. The Hall–Kier alpha value is -2.89. The first-order valence-corrected chi connectivity index (χ1v) is 9.10. The fourth-order valence-electron chi connectivity index (χ4n) is 3.08. The van der Waals surface area contributed by atoms with Gasteiger partial charge in [0.1, 0.15) is 12.1 Å². The lowest BCUT2D eigenvalue weighted by Crippen LogP contribution is -2.16. The molecule has 2 aromatic carbocycles. The van der Waals surface area contributed by atoms with Crippen LogP contribution in [0.1, 0.15) is 6.92 Å². The van der Waals surface area contributed by atoms with Gasteiger partial charge in [-0.15, -0.1) is 0 Å². The highest BCUT2D eigenvalue weighted by Gasteiger charge is 2.17. The molecule has 0 spiro atoms. The monoisotopic (exact) mass is 378 g/mol. The quantitative estimate of drug-likeness (QED) is 0.535. The Morgan fingerprint density at radius 3 is 2.52 bits per heavy atom. The third-order valence-electron chi connectivity index (χ3n) is 4.34. The lowest BCUT2D eigenvalue weighted by atomic mass is 10.1. The first kappa shape index (κ1) is 17.5. The molecule has 0 amide bonds. The molecular formula is C21H19ClN4O. The highest BCUT2D eigenvalue weighted by atomic mass is 35.5. The highest BCUT2D eigenvalue weighted by Crippen LogP contribution is 2.35. The zero-order valence-electron chi connectivity index (χ0n) is 14.8. The van der Waals surface area contributed by atoms with Crippen LogP contribution in [-0.2, 0) is 0 Å². The fourth-order valence-corrected chi connectivity index (χ4v) is 3.20. The maximum absolute atomic E-state index is 9.66. The third-order valence-corrected chi connectivity index (χ3v) is 4.59. The molecule has 6 heteroatoms. The number of aliphatic hydroxyl groups excluding tert-OH is 1. The Labute approximate surface area is 162 Å². The molecule has 4 rings (SSSR count). The third kappa shape index (κ3) is 3.52. The van der Waals surface area contributed by atoms with Gasteiger partial charge < -0.3 is 15.0 Å². The first-order chi connectivity index (χ1) is 13.1. The average molecular weight is 379 g/mol. The van der Waals surface area contributed by atoms with Crippen LogP contribution in [0.5, 0.6) is 0 Å². The van der Waals surface area contributed by atoms with Crippen LogP contribution < -0.4 is 5.32 Å². The van der Waals surface area contributed by atoms with Crippen molar-refractivity contribution in [3.63, 3.8) is 0 Å². The maximum Gasteiger partial charge on any atom is 0.150 e. The molecule has 0 aliphatic heterocycles. The number of aliphatic hydroxyl groups is 1. The molecule has 0 saturated carbocycles. The van der Waals surface area contributed by atoms with Crippen LogP contribution in [0.3, 0.4) is 0 Å². The van der Waals surface area contributed by atoms with Crippen LogP contribution in [0.15, 0.2) is 67.1 Å². The summed E-state index contributed by atoms with van der Waals surface area (Å²) in [5.41, 5.74) is 3.85. The second-order valence-electron chi connectivity index (χ2n) is 6.41. The van der Waals surface area contributed by atoms with Gasteiger partial charge in [-0.3, -0.25) is 0 Å². The minimum atomic E-state index is -0.478. The molecule has 4 aromatic rings. The predicted octanol–water partition coefficient (Wildman–Crippen LogP) is 4.53. The topological polar surface area (TPSA) is 63.0 Å². The summed E-state index contributed by atoms with van der Waals surface area (Å²) in [6.45, 7) is 2.15. The van der Waals surface area contributed by atoms with E-state index >= 15 is 0 Å². The predicted molar refractivity (Wildman–Crippen MR) is 109 cm³/mol.